The Hall–Kier alpha value is -0.980. The molecule has 0 spiro atoms. The van der Waals surface area contributed by atoms with Crippen LogP contribution in [0.4, 0.5) is 5.69 Å². The monoisotopic (exact) mass is 326 g/mol. The summed E-state index contributed by atoms with van der Waals surface area (Å²) < 4.78 is 0.965. The Morgan fingerprint density at radius 1 is 1.50 bits per heavy atom. The summed E-state index contributed by atoms with van der Waals surface area (Å²) in [5.41, 5.74) is 2.03. The lowest BCUT2D eigenvalue weighted by Crippen LogP contribution is -2.05. The van der Waals surface area contributed by atoms with Crippen LogP contribution in [0.1, 0.15) is 15.9 Å². The zero-order chi connectivity index (χ0) is 14.1. The molecule has 1 amide bonds. The molecule has 0 saturated carbocycles. The molecule has 0 saturated heterocycles. The van der Waals surface area contributed by atoms with Gasteiger partial charge in [0.1, 0.15) is 4.38 Å². The van der Waals surface area contributed by atoms with Crippen molar-refractivity contribution in [3.8, 4) is 0 Å². The van der Waals surface area contributed by atoms with E-state index in [9.17, 15) is 9.59 Å². The number of nitrogens with one attached hydrogen (secondary N) is 1. The van der Waals surface area contributed by atoms with Gasteiger partial charge in [-0.3, -0.25) is 14.6 Å². The van der Waals surface area contributed by atoms with Gasteiger partial charge in [0.25, 0.3) is 0 Å². The minimum Gasteiger partial charge on any atom is -0.325 e. The second-order valence-corrected chi connectivity index (χ2v) is 7.14. The first-order valence-corrected chi connectivity index (χ1v) is 8.44. The predicted octanol–water partition coefficient (Wildman–Crippen LogP) is 2.85. The second-order valence-electron chi connectivity index (χ2n) is 4.42. The lowest BCUT2D eigenvalue weighted by molar-refractivity contribution is -0.115. The van der Waals surface area contributed by atoms with Crippen LogP contribution in [0.3, 0.4) is 0 Å². The largest absolute Gasteiger partial charge is 0.325 e. The van der Waals surface area contributed by atoms with Crippen LogP contribution in [0.2, 0.25) is 5.02 Å². The second kappa shape index (κ2) is 5.79. The number of anilines is 1. The molecule has 0 bridgehead atoms. The van der Waals surface area contributed by atoms with E-state index in [0.717, 1.165) is 22.2 Å². The summed E-state index contributed by atoms with van der Waals surface area (Å²) >= 11 is 9.26. The Morgan fingerprint density at radius 3 is 3.10 bits per heavy atom. The van der Waals surface area contributed by atoms with E-state index < -0.39 is 0 Å². The molecule has 7 heteroatoms. The number of rotatable bonds is 3. The number of nitrogens with zero attached hydrogens (tertiary/aromatic N) is 1. The lowest BCUT2D eigenvalue weighted by atomic mass is 10.1. The first-order valence-electron chi connectivity index (χ1n) is 6.09. The van der Waals surface area contributed by atoms with E-state index in [1.54, 1.807) is 23.9 Å². The number of carbonyl (C=O) groups is 2. The normalized spacial score (nSPS) is 16.9. The van der Waals surface area contributed by atoms with Gasteiger partial charge in [-0.25, -0.2) is 0 Å². The first kappa shape index (κ1) is 14.0. The lowest BCUT2D eigenvalue weighted by Gasteiger charge is -2.06. The van der Waals surface area contributed by atoms with E-state index in [0.29, 0.717) is 28.4 Å². The fourth-order valence-corrected chi connectivity index (χ4v) is 4.23. The predicted molar refractivity (Wildman–Crippen MR) is 85.3 cm³/mol. The molecule has 3 rings (SSSR count). The molecule has 0 aromatic heterocycles. The van der Waals surface area contributed by atoms with Gasteiger partial charge in [0, 0.05) is 17.0 Å². The van der Waals surface area contributed by atoms with Gasteiger partial charge in [0.05, 0.1) is 23.7 Å². The number of benzene rings is 1. The average molecular weight is 327 g/mol. The highest BCUT2D eigenvalue weighted by Gasteiger charge is 2.22. The fourth-order valence-electron chi connectivity index (χ4n) is 2.07. The van der Waals surface area contributed by atoms with E-state index in [-0.39, 0.29) is 11.7 Å². The fraction of sp³-hybridized carbons (Fsp3) is 0.308. The Labute approximate surface area is 129 Å². The van der Waals surface area contributed by atoms with Crippen molar-refractivity contribution in [2.45, 2.75) is 6.42 Å². The highest BCUT2D eigenvalue weighted by atomic mass is 35.5. The molecule has 2 heterocycles. The topological polar surface area (TPSA) is 58.5 Å². The van der Waals surface area contributed by atoms with Crippen LogP contribution in [0, 0.1) is 0 Å². The maximum Gasteiger partial charge on any atom is 0.228 e. The van der Waals surface area contributed by atoms with E-state index in [1.807, 2.05) is 0 Å². The number of carbonyl (C=O) groups excluding carboxylic acids is 2. The molecule has 0 radical (unpaired) electrons. The van der Waals surface area contributed by atoms with Gasteiger partial charge in [-0.1, -0.05) is 35.1 Å². The van der Waals surface area contributed by atoms with Crippen molar-refractivity contribution in [1.82, 2.24) is 0 Å². The third-order valence-corrected chi connectivity index (χ3v) is 5.57. The van der Waals surface area contributed by atoms with Gasteiger partial charge in [-0.05, 0) is 17.7 Å². The Bertz CT molecular complexity index is 631. The summed E-state index contributed by atoms with van der Waals surface area (Å²) in [6, 6.07) is 3.38. The van der Waals surface area contributed by atoms with Crippen molar-refractivity contribution in [1.29, 1.82) is 0 Å². The van der Waals surface area contributed by atoms with E-state index >= 15 is 0 Å². The zero-order valence-electron chi connectivity index (χ0n) is 10.4. The molecule has 1 aromatic rings. The first-order chi connectivity index (χ1) is 9.63. The summed E-state index contributed by atoms with van der Waals surface area (Å²) in [4.78, 5) is 27.9. The van der Waals surface area contributed by atoms with Crippen LogP contribution in [0.25, 0.3) is 0 Å². The number of Topliss-reactive ketones (excluding diaryl/α,β-unsaturated/α-hetero) is 1. The number of halogens is 1. The summed E-state index contributed by atoms with van der Waals surface area (Å²) in [7, 11) is 0. The molecule has 2 aliphatic rings. The summed E-state index contributed by atoms with van der Waals surface area (Å²) in [6.45, 7) is 0.828. The molecule has 1 N–H and O–H groups in total. The highest BCUT2D eigenvalue weighted by molar-refractivity contribution is 8.39. The third kappa shape index (κ3) is 2.87. The van der Waals surface area contributed by atoms with Gasteiger partial charge in [-0.2, -0.15) is 0 Å². The van der Waals surface area contributed by atoms with Crippen molar-refractivity contribution < 1.29 is 9.59 Å². The molecule has 0 atom stereocenters. The maximum absolute atomic E-state index is 12.2. The van der Waals surface area contributed by atoms with Gasteiger partial charge in [0.2, 0.25) is 5.91 Å². The molecular formula is C13H11ClN2O2S2. The quantitative estimate of drug-likeness (QED) is 0.868. The van der Waals surface area contributed by atoms with Crippen LogP contribution in [0.15, 0.2) is 17.1 Å². The number of amides is 1. The number of fused-ring (bicyclic) bond motifs is 1. The van der Waals surface area contributed by atoms with Gasteiger partial charge >= 0.3 is 0 Å². The molecule has 0 aliphatic carbocycles. The van der Waals surface area contributed by atoms with Crippen LogP contribution >= 0.6 is 35.1 Å². The van der Waals surface area contributed by atoms with Gasteiger partial charge < -0.3 is 5.32 Å². The Kier molecular flexibility index (Phi) is 4.05. The number of hydrogen-bond acceptors (Lipinski definition) is 5. The van der Waals surface area contributed by atoms with E-state index in [2.05, 4.69) is 10.3 Å². The minimum absolute atomic E-state index is 0.0302. The SMILES string of the molecule is O=C1Cc2cc(C(=O)CSC3=NCCS3)c(Cl)cc2N1. The molecule has 4 nitrogen and oxygen atoms in total. The summed E-state index contributed by atoms with van der Waals surface area (Å²) in [5.74, 6) is 1.22. The van der Waals surface area contributed by atoms with Crippen molar-refractivity contribution in [2.75, 3.05) is 23.4 Å². The Balaban J connectivity index is 1.74. The molecule has 0 unspecified atom stereocenters. The zero-order valence-corrected chi connectivity index (χ0v) is 12.8. The maximum atomic E-state index is 12.2. The molecule has 20 heavy (non-hydrogen) atoms. The number of hydrogen-bond donors (Lipinski definition) is 1. The van der Waals surface area contributed by atoms with Crippen LogP contribution in [0.5, 0.6) is 0 Å². The van der Waals surface area contributed by atoms with Crippen LogP contribution in [-0.4, -0.2) is 34.1 Å². The van der Waals surface area contributed by atoms with Crippen molar-refractivity contribution >= 4 is 56.9 Å². The highest BCUT2D eigenvalue weighted by Crippen LogP contribution is 2.31. The van der Waals surface area contributed by atoms with Gasteiger partial charge in [0.15, 0.2) is 5.78 Å². The van der Waals surface area contributed by atoms with Crippen molar-refractivity contribution in [3.63, 3.8) is 0 Å². The molecule has 2 aliphatic heterocycles. The summed E-state index contributed by atoms with van der Waals surface area (Å²) in [5, 5.41) is 3.11. The van der Waals surface area contributed by atoms with Crippen LogP contribution in [-0.2, 0) is 11.2 Å². The molecule has 104 valence electrons. The molecule has 0 fully saturated rings. The average Bonchev–Trinajstić information content (AvgIpc) is 3.03. The number of aliphatic imine (C=N–C) groups is 1. The van der Waals surface area contributed by atoms with Crippen LogP contribution < -0.4 is 5.32 Å². The van der Waals surface area contributed by atoms with Gasteiger partial charge in [-0.15, -0.1) is 0 Å². The number of ketones is 1. The molecule has 1 aromatic carbocycles. The summed E-state index contributed by atoms with van der Waals surface area (Å²) in [6.07, 6.45) is 0.308. The van der Waals surface area contributed by atoms with E-state index in [1.165, 1.54) is 11.8 Å². The standard InChI is InChI=1S/C13H11ClN2O2S2/c14-9-5-10-7(4-12(18)16-10)3-8(9)11(17)6-20-13-15-1-2-19-13/h3,5H,1-2,4,6H2,(H,16,18). The molecular weight excluding hydrogens is 316 g/mol. The third-order valence-electron chi connectivity index (χ3n) is 3.00. The Morgan fingerprint density at radius 2 is 2.35 bits per heavy atom. The minimum atomic E-state index is -0.0632. The number of thioether (sulfide) groups is 2. The van der Waals surface area contributed by atoms with Crippen molar-refractivity contribution in [2.24, 2.45) is 4.99 Å². The smallest absolute Gasteiger partial charge is 0.228 e. The van der Waals surface area contributed by atoms with E-state index in [4.69, 9.17) is 11.6 Å². The van der Waals surface area contributed by atoms with Crippen molar-refractivity contribution in [3.05, 3.63) is 28.3 Å².